The summed E-state index contributed by atoms with van der Waals surface area (Å²) in [7, 11) is 1.50. The van der Waals surface area contributed by atoms with Gasteiger partial charge in [-0.25, -0.2) is 4.79 Å². The van der Waals surface area contributed by atoms with Crippen LogP contribution in [-0.4, -0.2) is 45.8 Å². The van der Waals surface area contributed by atoms with Crippen molar-refractivity contribution < 1.29 is 24.2 Å². The van der Waals surface area contributed by atoms with Crippen LogP contribution in [0.5, 0.6) is 0 Å². The Bertz CT molecular complexity index is 852. The van der Waals surface area contributed by atoms with E-state index >= 15 is 0 Å². The molecule has 1 heterocycles. The maximum atomic E-state index is 12.1. The summed E-state index contributed by atoms with van der Waals surface area (Å²) >= 11 is 5.98. The molecule has 2 amide bonds. The zero-order chi connectivity index (χ0) is 20.0. The van der Waals surface area contributed by atoms with E-state index in [2.05, 4.69) is 15.7 Å². The third kappa shape index (κ3) is 5.05. The van der Waals surface area contributed by atoms with Gasteiger partial charge in [-0.3, -0.25) is 14.3 Å². The standard InChI is InChI=1S/C17H19ClN4O5/c1-3-27-17(26)11-8-20-22(2)14(11)21-16(25)15(24)19-9-13(23)10-6-4-5-7-12(10)18/h4-8,13,23H,3,9H2,1-2H3,(H,19,24)(H,21,25)/t13-/m1/s1. The lowest BCUT2D eigenvalue weighted by molar-refractivity contribution is -0.136. The fraction of sp³-hybridized carbons (Fsp3) is 0.294. The quantitative estimate of drug-likeness (QED) is 0.497. The molecule has 144 valence electrons. The van der Waals surface area contributed by atoms with Crippen LogP contribution in [0.4, 0.5) is 5.82 Å². The molecule has 0 radical (unpaired) electrons. The molecule has 0 unspecified atom stereocenters. The third-order valence-corrected chi connectivity index (χ3v) is 3.94. The van der Waals surface area contributed by atoms with Crippen LogP contribution >= 0.6 is 11.6 Å². The molecule has 0 aliphatic rings. The van der Waals surface area contributed by atoms with E-state index in [1.54, 1.807) is 31.2 Å². The summed E-state index contributed by atoms with van der Waals surface area (Å²) in [6, 6.07) is 6.62. The minimum Gasteiger partial charge on any atom is -0.462 e. The fourth-order valence-electron chi connectivity index (χ4n) is 2.23. The van der Waals surface area contributed by atoms with Crippen LogP contribution in [0.1, 0.15) is 28.9 Å². The molecular weight excluding hydrogens is 376 g/mol. The van der Waals surface area contributed by atoms with E-state index < -0.39 is 23.9 Å². The molecule has 27 heavy (non-hydrogen) atoms. The number of nitrogens with one attached hydrogen (secondary N) is 2. The second kappa shape index (κ2) is 9.15. The van der Waals surface area contributed by atoms with Gasteiger partial charge in [0.15, 0.2) is 0 Å². The Kier molecular flexibility index (Phi) is 6.91. The maximum Gasteiger partial charge on any atom is 0.343 e. The predicted molar refractivity (Wildman–Crippen MR) is 97.2 cm³/mol. The highest BCUT2D eigenvalue weighted by molar-refractivity contribution is 6.39. The molecule has 0 spiro atoms. The van der Waals surface area contributed by atoms with Crippen molar-refractivity contribution in [2.24, 2.45) is 7.05 Å². The smallest absolute Gasteiger partial charge is 0.343 e. The monoisotopic (exact) mass is 394 g/mol. The molecule has 0 saturated heterocycles. The normalized spacial score (nSPS) is 11.6. The maximum absolute atomic E-state index is 12.1. The average Bonchev–Trinajstić information content (AvgIpc) is 3.00. The Morgan fingerprint density at radius 1 is 1.30 bits per heavy atom. The number of ether oxygens (including phenoxy) is 1. The van der Waals surface area contributed by atoms with Gasteiger partial charge in [0.05, 0.1) is 18.9 Å². The molecule has 0 bridgehead atoms. The lowest BCUT2D eigenvalue weighted by Gasteiger charge is -2.13. The van der Waals surface area contributed by atoms with Gasteiger partial charge in [-0.1, -0.05) is 29.8 Å². The first kappa shape index (κ1) is 20.4. The Balaban J connectivity index is 1.99. The number of aromatic nitrogens is 2. The van der Waals surface area contributed by atoms with Crippen LogP contribution in [0.25, 0.3) is 0 Å². The van der Waals surface area contributed by atoms with Crippen LogP contribution in [-0.2, 0) is 21.4 Å². The van der Waals surface area contributed by atoms with Crippen molar-refractivity contribution in [1.82, 2.24) is 15.1 Å². The lowest BCUT2D eigenvalue weighted by Crippen LogP contribution is -2.38. The number of halogens is 1. The first-order valence-corrected chi connectivity index (χ1v) is 8.43. The van der Waals surface area contributed by atoms with Gasteiger partial charge in [0, 0.05) is 24.2 Å². The van der Waals surface area contributed by atoms with E-state index in [4.69, 9.17) is 16.3 Å². The molecule has 10 heteroatoms. The molecule has 1 aromatic heterocycles. The van der Waals surface area contributed by atoms with Crippen molar-refractivity contribution >= 4 is 35.2 Å². The van der Waals surface area contributed by atoms with E-state index in [9.17, 15) is 19.5 Å². The largest absolute Gasteiger partial charge is 0.462 e. The summed E-state index contributed by atoms with van der Waals surface area (Å²) in [4.78, 5) is 35.9. The highest BCUT2D eigenvalue weighted by atomic mass is 35.5. The highest BCUT2D eigenvalue weighted by Crippen LogP contribution is 2.21. The number of amides is 2. The zero-order valence-electron chi connectivity index (χ0n) is 14.7. The highest BCUT2D eigenvalue weighted by Gasteiger charge is 2.23. The molecule has 0 fully saturated rings. The lowest BCUT2D eigenvalue weighted by atomic mass is 10.1. The number of rotatable bonds is 6. The van der Waals surface area contributed by atoms with Crippen LogP contribution in [0.15, 0.2) is 30.5 Å². The summed E-state index contributed by atoms with van der Waals surface area (Å²) in [6.07, 6.45) is 0.148. The van der Waals surface area contributed by atoms with E-state index in [-0.39, 0.29) is 24.5 Å². The van der Waals surface area contributed by atoms with Crippen LogP contribution in [0, 0.1) is 0 Å². The van der Waals surface area contributed by atoms with Gasteiger partial charge in [-0.2, -0.15) is 5.10 Å². The van der Waals surface area contributed by atoms with Gasteiger partial charge in [-0.05, 0) is 13.0 Å². The number of nitrogens with zero attached hydrogens (tertiary/aromatic N) is 2. The molecule has 1 atom stereocenters. The first-order valence-electron chi connectivity index (χ1n) is 8.05. The number of hydrogen-bond acceptors (Lipinski definition) is 6. The number of benzene rings is 1. The van der Waals surface area contributed by atoms with Gasteiger partial charge in [0.1, 0.15) is 11.4 Å². The Hall–Kier alpha value is -2.91. The molecule has 2 rings (SSSR count). The number of aliphatic hydroxyl groups excluding tert-OH is 1. The number of anilines is 1. The van der Waals surface area contributed by atoms with Gasteiger partial charge in [-0.15, -0.1) is 0 Å². The van der Waals surface area contributed by atoms with E-state index in [0.717, 1.165) is 0 Å². The van der Waals surface area contributed by atoms with Crippen LogP contribution < -0.4 is 10.6 Å². The van der Waals surface area contributed by atoms with E-state index in [1.807, 2.05) is 0 Å². The van der Waals surface area contributed by atoms with Crippen molar-refractivity contribution in [2.45, 2.75) is 13.0 Å². The Morgan fingerprint density at radius 3 is 2.67 bits per heavy atom. The zero-order valence-corrected chi connectivity index (χ0v) is 15.5. The van der Waals surface area contributed by atoms with Crippen molar-refractivity contribution in [3.8, 4) is 0 Å². The molecule has 3 N–H and O–H groups in total. The number of carbonyl (C=O) groups excluding carboxylic acids is 3. The van der Waals surface area contributed by atoms with Crippen molar-refractivity contribution in [3.63, 3.8) is 0 Å². The van der Waals surface area contributed by atoms with Gasteiger partial charge in [0.2, 0.25) is 0 Å². The summed E-state index contributed by atoms with van der Waals surface area (Å²) < 4.78 is 6.11. The SMILES string of the molecule is CCOC(=O)c1cnn(C)c1NC(=O)C(=O)NC[C@@H](O)c1ccccc1Cl. The average molecular weight is 395 g/mol. The number of aryl methyl sites for hydroxylation is 1. The van der Waals surface area contributed by atoms with E-state index in [0.29, 0.717) is 10.6 Å². The number of esters is 1. The van der Waals surface area contributed by atoms with Crippen molar-refractivity contribution in [2.75, 3.05) is 18.5 Å². The van der Waals surface area contributed by atoms with Gasteiger partial charge in [0.25, 0.3) is 0 Å². The fourth-order valence-corrected chi connectivity index (χ4v) is 2.49. The number of aliphatic hydroxyl groups is 1. The molecule has 0 aliphatic carbocycles. The van der Waals surface area contributed by atoms with Crippen molar-refractivity contribution in [3.05, 3.63) is 46.6 Å². The van der Waals surface area contributed by atoms with Crippen LogP contribution in [0.2, 0.25) is 5.02 Å². The minimum atomic E-state index is -1.08. The second-order valence-corrected chi connectivity index (χ2v) is 5.86. The topological polar surface area (TPSA) is 123 Å². The molecule has 0 saturated carbocycles. The molecule has 2 aromatic rings. The molecular formula is C17H19ClN4O5. The summed E-state index contributed by atoms with van der Waals surface area (Å²) in [5.41, 5.74) is 0.452. The minimum absolute atomic E-state index is 0.0246. The second-order valence-electron chi connectivity index (χ2n) is 5.45. The Labute approximate surface area is 160 Å². The molecule has 9 nitrogen and oxygen atoms in total. The van der Waals surface area contributed by atoms with E-state index in [1.165, 1.54) is 17.9 Å². The summed E-state index contributed by atoms with van der Waals surface area (Å²) in [5, 5.41) is 18.9. The van der Waals surface area contributed by atoms with Crippen LogP contribution in [0.3, 0.4) is 0 Å². The Morgan fingerprint density at radius 2 is 2.00 bits per heavy atom. The summed E-state index contributed by atoms with van der Waals surface area (Å²) in [5.74, 6) is -2.65. The molecule has 0 aliphatic heterocycles. The predicted octanol–water partition coefficient (Wildman–Crippen LogP) is 1.04. The summed E-state index contributed by atoms with van der Waals surface area (Å²) in [6.45, 7) is 1.58. The van der Waals surface area contributed by atoms with Gasteiger partial charge >= 0.3 is 17.8 Å². The number of carbonyl (C=O) groups is 3. The third-order valence-electron chi connectivity index (χ3n) is 3.59. The van der Waals surface area contributed by atoms with Gasteiger partial charge < -0.3 is 20.5 Å². The molecule has 1 aromatic carbocycles. The number of hydrogen-bond donors (Lipinski definition) is 3. The first-order chi connectivity index (χ1) is 12.8. The van der Waals surface area contributed by atoms with Crippen molar-refractivity contribution in [1.29, 1.82) is 0 Å².